The van der Waals surface area contributed by atoms with Crippen molar-refractivity contribution in [1.82, 2.24) is 15.0 Å². The number of halogens is 1. The average molecular weight is 415 g/mol. The van der Waals surface area contributed by atoms with Crippen LogP contribution in [0.25, 0.3) is 10.2 Å². The molecule has 0 fully saturated rings. The maximum atomic E-state index is 6.18. The standard InChI is InChI=1S/C19H15ClN4OS2/c20-14-3-4-16(25-10-12-2-1-6-22-9-12)13(8-14)11-27-19-23-17(21)15-5-7-26-18(15)24-19/h1-9H,10-11H2,(H2,21,23,24). The highest BCUT2D eigenvalue weighted by Crippen LogP contribution is 2.32. The molecule has 4 rings (SSSR count). The Morgan fingerprint density at radius 3 is 2.96 bits per heavy atom. The molecule has 0 unspecified atom stereocenters. The van der Waals surface area contributed by atoms with E-state index in [1.807, 2.05) is 41.8 Å². The van der Waals surface area contributed by atoms with Crippen LogP contribution in [0.4, 0.5) is 5.82 Å². The first-order valence-corrected chi connectivity index (χ1v) is 10.4. The summed E-state index contributed by atoms with van der Waals surface area (Å²) in [5.74, 6) is 1.91. The third kappa shape index (κ3) is 4.32. The number of fused-ring (bicyclic) bond motifs is 1. The summed E-state index contributed by atoms with van der Waals surface area (Å²) in [7, 11) is 0. The first-order chi connectivity index (χ1) is 13.2. The number of hydrogen-bond donors (Lipinski definition) is 1. The summed E-state index contributed by atoms with van der Waals surface area (Å²) in [5, 5.41) is 4.16. The third-order valence-corrected chi connectivity index (χ3v) is 5.77. The fourth-order valence-electron chi connectivity index (χ4n) is 2.51. The molecule has 0 atom stereocenters. The minimum absolute atomic E-state index is 0.442. The van der Waals surface area contributed by atoms with Gasteiger partial charge in [-0.3, -0.25) is 4.98 Å². The van der Waals surface area contributed by atoms with Crippen LogP contribution < -0.4 is 10.5 Å². The lowest BCUT2D eigenvalue weighted by atomic mass is 10.2. The fraction of sp³-hybridized carbons (Fsp3) is 0.105. The van der Waals surface area contributed by atoms with Gasteiger partial charge in [0.1, 0.15) is 23.0 Å². The van der Waals surface area contributed by atoms with Gasteiger partial charge in [-0.25, -0.2) is 9.97 Å². The fourth-order valence-corrected chi connectivity index (χ4v) is 4.36. The van der Waals surface area contributed by atoms with Crippen LogP contribution in [0.5, 0.6) is 5.75 Å². The maximum absolute atomic E-state index is 6.18. The van der Waals surface area contributed by atoms with Gasteiger partial charge in [0, 0.05) is 34.3 Å². The molecule has 136 valence electrons. The van der Waals surface area contributed by atoms with Crippen LogP contribution in [0.1, 0.15) is 11.1 Å². The summed E-state index contributed by atoms with van der Waals surface area (Å²) in [6.07, 6.45) is 3.53. The van der Waals surface area contributed by atoms with E-state index in [2.05, 4.69) is 15.0 Å². The van der Waals surface area contributed by atoms with Gasteiger partial charge in [-0.05, 0) is 35.7 Å². The molecule has 0 radical (unpaired) electrons. The zero-order valence-corrected chi connectivity index (χ0v) is 16.5. The Labute approximate surface area is 169 Å². The van der Waals surface area contributed by atoms with Crippen molar-refractivity contribution in [2.45, 2.75) is 17.5 Å². The molecule has 0 aliphatic carbocycles. The first kappa shape index (κ1) is 18.0. The topological polar surface area (TPSA) is 73.9 Å². The molecule has 3 aromatic heterocycles. The molecule has 0 amide bonds. The molecule has 8 heteroatoms. The van der Waals surface area contributed by atoms with Gasteiger partial charge in [-0.15, -0.1) is 11.3 Å². The summed E-state index contributed by atoms with van der Waals surface area (Å²) >= 11 is 9.24. The molecule has 5 nitrogen and oxygen atoms in total. The number of nitrogen functional groups attached to an aromatic ring is 1. The number of benzene rings is 1. The van der Waals surface area contributed by atoms with E-state index in [1.165, 1.54) is 11.8 Å². The zero-order valence-electron chi connectivity index (χ0n) is 14.1. The molecular weight excluding hydrogens is 400 g/mol. The largest absolute Gasteiger partial charge is 0.489 e. The second-order valence-corrected chi connectivity index (χ2v) is 8.00. The smallest absolute Gasteiger partial charge is 0.191 e. The van der Waals surface area contributed by atoms with E-state index in [1.54, 1.807) is 23.7 Å². The van der Waals surface area contributed by atoms with Crippen molar-refractivity contribution < 1.29 is 4.74 Å². The number of thioether (sulfide) groups is 1. The highest BCUT2D eigenvalue weighted by molar-refractivity contribution is 7.98. The van der Waals surface area contributed by atoms with E-state index >= 15 is 0 Å². The number of thiophene rings is 1. The lowest BCUT2D eigenvalue weighted by Crippen LogP contribution is -1.99. The van der Waals surface area contributed by atoms with E-state index in [9.17, 15) is 0 Å². The van der Waals surface area contributed by atoms with Gasteiger partial charge in [0.15, 0.2) is 5.16 Å². The molecular formula is C19H15ClN4OS2. The molecule has 0 saturated heterocycles. The molecule has 0 spiro atoms. The van der Waals surface area contributed by atoms with Gasteiger partial charge in [0.25, 0.3) is 0 Å². The van der Waals surface area contributed by atoms with Crippen LogP contribution in [0.15, 0.2) is 59.3 Å². The monoisotopic (exact) mass is 414 g/mol. The molecule has 0 aliphatic heterocycles. The number of nitrogens with two attached hydrogens (primary N) is 1. The summed E-state index contributed by atoms with van der Waals surface area (Å²) in [5.41, 5.74) is 8.01. The van der Waals surface area contributed by atoms with Crippen molar-refractivity contribution in [3.63, 3.8) is 0 Å². The number of rotatable bonds is 6. The summed E-state index contributed by atoms with van der Waals surface area (Å²) in [6, 6.07) is 11.4. The van der Waals surface area contributed by atoms with Gasteiger partial charge in [0.05, 0.1) is 5.39 Å². The molecule has 0 bridgehead atoms. The molecule has 27 heavy (non-hydrogen) atoms. The van der Waals surface area contributed by atoms with Crippen LogP contribution in [0, 0.1) is 0 Å². The van der Waals surface area contributed by atoms with Crippen LogP contribution in [0.3, 0.4) is 0 Å². The molecule has 0 aliphatic rings. The number of anilines is 1. The summed E-state index contributed by atoms with van der Waals surface area (Å²) < 4.78 is 5.97. The van der Waals surface area contributed by atoms with Crippen molar-refractivity contribution in [2.75, 3.05) is 5.73 Å². The number of nitrogens with zero attached hydrogens (tertiary/aromatic N) is 3. The first-order valence-electron chi connectivity index (χ1n) is 8.13. The SMILES string of the molecule is Nc1nc(SCc2cc(Cl)ccc2OCc2cccnc2)nc2sccc12. The lowest BCUT2D eigenvalue weighted by molar-refractivity contribution is 0.303. The zero-order chi connectivity index (χ0) is 18.6. The highest BCUT2D eigenvalue weighted by Gasteiger charge is 2.10. The molecule has 0 saturated carbocycles. The Morgan fingerprint density at radius 1 is 1.19 bits per heavy atom. The van der Waals surface area contributed by atoms with Crippen LogP contribution in [-0.2, 0) is 12.4 Å². The molecule has 2 N–H and O–H groups in total. The van der Waals surface area contributed by atoms with Crippen LogP contribution in [-0.4, -0.2) is 15.0 Å². The van der Waals surface area contributed by atoms with E-state index in [-0.39, 0.29) is 0 Å². The van der Waals surface area contributed by atoms with E-state index in [4.69, 9.17) is 22.1 Å². The second kappa shape index (κ2) is 8.12. The van der Waals surface area contributed by atoms with E-state index in [0.29, 0.717) is 28.4 Å². The average Bonchev–Trinajstić information content (AvgIpc) is 3.16. The second-order valence-electron chi connectivity index (χ2n) is 5.72. The normalized spacial score (nSPS) is 11.0. The van der Waals surface area contributed by atoms with Crippen molar-refractivity contribution >= 4 is 50.7 Å². The van der Waals surface area contributed by atoms with Gasteiger partial charge >= 0.3 is 0 Å². The predicted molar refractivity (Wildman–Crippen MR) is 111 cm³/mol. The van der Waals surface area contributed by atoms with E-state index in [0.717, 1.165) is 27.1 Å². The van der Waals surface area contributed by atoms with Crippen molar-refractivity contribution in [1.29, 1.82) is 0 Å². The van der Waals surface area contributed by atoms with Crippen molar-refractivity contribution in [2.24, 2.45) is 0 Å². The number of pyridine rings is 1. The Morgan fingerprint density at radius 2 is 2.11 bits per heavy atom. The highest BCUT2D eigenvalue weighted by atomic mass is 35.5. The van der Waals surface area contributed by atoms with Gasteiger partial charge in [-0.1, -0.05) is 29.4 Å². The Kier molecular flexibility index (Phi) is 5.42. The van der Waals surface area contributed by atoms with Crippen LogP contribution >= 0.6 is 34.7 Å². The Balaban J connectivity index is 1.51. The van der Waals surface area contributed by atoms with Gasteiger partial charge in [-0.2, -0.15) is 0 Å². The number of ether oxygens (including phenoxy) is 1. The molecule has 4 aromatic rings. The Bertz CT molecular complexity index is 1070. The molecule has 3 heterocycles. The summed E-state index contributed by atoms with van der Waals surface area (Å²) in [6.45, 7) is 0.442. The van der Waals surface area contributed by atoms with E-state index < -0.39 is 0 Å². The third-order valence-electron chi connectivity index (χ3n) is 3.83. The quantitative estimate of drug-likeness (QED) is 0.345. The van der Waals surface area contributed by atoms with Crippen molar-refractivity contribution in [3.05, 3.63) is 70.3 Å². The van der Waals surface area contributed by atoms with Crippen LogP contribution in [0.2, 0.25) is 5.02 Å². The maximum Gasteiger partial charge on any atom is 0.191 e. The summed E-state index contributed by atoms with van der Waals surface area (Å²) in [4.78, 5) is 14.0. The minimum atomic E-state index is 0.442. The van der Waals surface area contributed by atoms with Crippen molar-refractivity contribution in [3.8, 4) is 5.75 Å². The number of hydrogen-bond acceptors (Lipinski definition) is 7. The van der Waals surface area contributed by atoms with Gasteiger partial charge < -0.3 is 10.5 Å². The predicted octanol–water partition coefficient (Wildman–Crippen LogP) is 5.19. The van der Waals surface area contributed by atoms with Gasteiger partial charge in [0.2, 0.25) is 0 Å². The number of aromatic nitrogens is 3. The lowest BCUT2D eigenvalue weighted by Gasteiger charge is -2.12. The molecule has 1 aromatic carbocycles. The Hall–Kier alpha value is -2.35. The minimum Gasteiger partial charge on any atom is -0.489 e.